The summed E-state index contributed by atoms with van der Waals surface area (Å²) in [5.74, 6) is 1.02. The molecule has 1 aliphatic heterocycles. The van der Waals surface area contributed by atoms with Crippen LogP contribution < -0.4 is 10.6 Å². The van der Waals surface area contributed by atoms with Crippen molar-refractivity contribution in [1.29, 1.82) is 0 Å². The zero-order valence-corrected chi connectivity index (χ0v) is 10.3. The number of hydrogen-bond donors (Lipinski definition) is 1. The molecule has 2 heterocycles. The van der Waals surface area contributed by atoms with Gasteiger partial charge in [-0.05, 0) is 0 Å². The van der Waals surface area contributed by atoms with Crippen LogP contribution >= 0.6 is 11.6 Å². The Kier molecular flexibility index (Phi) is 3.33. The molecule has 0 aromatic carbocycles. The topological polar surface area (TPSA) is 75.4 Å². The van der Waals surface area contributed by atoms with E-state index in [1.807, 2.05) is 4.90 Å². The number of rotatable bonds is 1. The molecule has 1 aromatic heterocycles. The van der Waals surface area contributed by atoms with Crippen LogP contribution in [0.2, 0.25) is 5.02 Å². The second-order valence-corrected chi connectivity index (χ2v) is 4.27. The van der Waals surface area contributed by atoms with Crippen molar-refractivity contribution in [1.82, 2.24) is 14.9 Å². The molecule has 1 fully saturated rings. The quantitative estimate of drug-likeness (QED) is 0.785. The molecule has 0 unspecified atom stereocenters. The lowest BCUT2D eigenvalue weighted by Gasteiger charge is -2.35. The molecule has 0 spiro atoms. The fourth-order valence-corrected chi connectivity index (χ4v) is 2.04. The molecular weight excluding hydrogens is 242 g/mol. The number of carbonyl (C=O) groups is 1. The molecule has 92 valence electrons. The first-order valence-electron chi connectivity index (χ1n) is 5.36. The monoisotopic (exact) mass is 255 g/mol. The molecule has 1 aromatic rings. The first-order chi connectivity index (χ1) is 8.09. The lowest BCUT2D eigenvalue weighted by molar-refractivity contribution is -0.129. The molecule has 6 nitrogen and oxygen atoms in total. The van der Waals surface area contributed by atoms with E-state index in [4.69, 9.17) is 17.3 Å². The number of nitrogens with two attached hydrogens (primary N) is 1. The fraction of sp³-hybridized carbons (Fsp3) is 0.500. The lowest BCUT2D eigenvalue weighted by Crippen LogP contribution is -2.48. The summed E-state index contributed by atoms with van der Waals surface area (Å²) >= 11 is 6.05. The van der Waals surface area contributed by atoms with Gasteiger partial charge in [0.1, 0.15) is 17.2 Å². The number of nitrogen functional groups attached to an aromatic ring is 1. The number of nitrogens with zero attached hydrogens (tertiary/aromatic N) is 4. The standard InChI is InChI=1S/C10H14ClN5O/c1-7(17)15-2-4-16(5-3-15)10-8(11)9(12)13-6-14-10/h6H,2-5H2,1H3,(H2,12,13,14). The van der Waals surface area contributed by atoms with Crippen molar-refractivity contribution in [2.45, 2.75) is 6.92 Å². The van der Waals surface area contributed by atoms with E-state index in [0.717, 1.165) is 0 Å². The van der Waals surface area contributed by atoms with Gasteiger partial charge in [0.2, 0.25) is 5.91 Å². The van der Waals surface area contributed by atoms with Crippen molar-refractivity contribution >= 4 is 29.1 Å². The summed E-state index contributed by atoms with van der Waals surface area (Å²) < 4.78 is 0. The van der Waals surface area contributed by atoms with Crippen LogP contribution in [0.5, 0.6) is 0 Å². The van der Waals surface area contributed by atoms with Gasteiger partial charge in [0, 0.05) is 33.1 Å². The molecule has 2 rings (SSSR count). The van der Waals surface area contributed by atoms with Gasteiger partial charge in [-0.1, -0.05) is 11.6 Å². The Morgan fingerprint density at radius 3 is 2.59 bits per heavy atom. The molecule has 1 saturated heterocycles. The summed E-state index contributed by atoms with van der Waals surface area (Å²) in [5.41, 5.74) is 5.63. The Morgan fingerprint density at radius 2 is 2.00 bits per heavy atom. The number of aromatic nitrogens is 2. The van der Waals surface area contributed by atoms with Gasteiger partial charge in [-0.3, -0.25) is 4.79 Å². The average molecular weight is 256 g/mol. The Hall–Kier alpha value is -1.56. The van der Waals surface area contributed by atoms with Crippen molar-refractivity contribution in [3.8, 4) is 0 Å². The van der Waals surface area contributed by atoms with E-state index in [1.54, 1.807) is 11.8 Å². The maximum atomic E-state index is 11.2. The van der Waals surface area contributed by atoms with Gasteiger partial charge < -0.3 is 15.5 Å². The fourth-order valence-electron chi connectivity index (χ4n) is 1.83. The Morgan fingerprint density at radius 1 is 1.35 bits per heavy atom. The molecule has 2 N–H and O–H groups in total. The van der Waals surface area contributed by atoms with E-state index >= 15 is 0 Å². The first-order valence-corrected chi connectivity index (χ1v) is 5.74. The largest absolute Gasteiger partial charge is 0.382 e. The SMILES string of the molecule is CC(=O)N1CCN(c2ncnc(N)c2Cl)CC1. The second-order valence-electron chi connectivity index (χ2n) is 3.89. The maximum Gasteiger partial charge on any atom is 0.219 e. The van der Waals surface area contributed by atoms with Crippen LogP contribution in [0.25, 0.3) is 0 Å². The summed E-state index contributed by atoms with van der Waals surface area (Å²) in [6.07, 6.45) is 1.40. The zero-order valence-electron chi connectivity index (χ0n) is 9.56. The van der Waals surface area contributed by atoms with Gasteiger partial charge in [0.05, 0.1) is 0 Å². The summed E-state index contributed by atoms with van der Waals surface area (Å²) in [6, 6.07) is 0. The number of halogens is 1. The molecule has 0 bridgehead atoms. The minimum atomic E-state index is 0.0953. The van der Waals surface area contributed by atoms with E-state index in [2.05, 4.69) is 9.97 Å². The van der Waals surface area contributed by atoms with Gasteiger partial charge in [0.25, 0.3) is 0 Å². The average Bonchev–Trinajstić information content (AvgIpc) is 2.33. The number of amides is 1. The molecule has 1 aliphatic rings. The van der Waals surface area contributed by atoms with E-state index in [-0.39, 0.29) is 11.7 Å². The maximum absolute atomic E-state index is 11.2. The van der Waals surface area contributed by atoms with Crippen LogP contribution in [0.4, 0.5) is 11.6 Å². The normalized spacial score (nSPS) is 16.1. The summed E-state index contributed by atoms with van der Waals surface area (Å²) in [4.78, 5) is 23.0. The first kappa shape index (κ1) is 11.9. The molecule has 7 heteroatoms. The molecule has 17 heavy (non-hydrogen) atoms. The van der Waals surface area contributed by atoms with Crippen LogP contribution in [0, 0.1) is 0 Å². The van der Waals surface area contributed by atoms with Crippen molar-refractivity contribution in [2.75, 3.05) is 36.8 Å². The van der Waals surface area contributed by atoms with Crippen molar-refractivity contribution in [3.05, 3.63) is 11.3 Å². The Bertz CT molecular complexity index is 431. The highest BCUT2D eigenvalue weighted by atomic mass is 35.5. The molecule has 1 amide bonds. The third-order valence-corrected chi connectivity index (χ3v) is 3.19. The van der Waals surface area contributed by atoms with Gasteiger partial charge >= 0.3 is 0 Å². The molecule has 0 saturated carbocycles. The van der Waals surface area contributed by atoms with Gasteiger partial charge in [-0.25, -0.2) is 9.97 Å². The van der Waals surface area contributed by atoms with E-state index in [1.165, 1.54) is 6.33 Å². The molecular formula is C10H14ClN5O. The minimum Gasteiger partial charge on any atom is -0.382 e. The van der Waals surface area contributed by atoms with Crippen molar-refractivity contribution in [2.24, 2.45) is 0 Å². The van der Waals surface area contributed by atoms with Gasteiger partial charge in [-0.2, -0.15) is 0 Å². The highest BCUT2D eigenvalue weighted by Gasteiger charge is 2.21. The minimum absolute atomic E-state index is 0.0953. The summed E-state index contributed by atoms with van der Waals surface area (Å²) in [5, 5.41) is 0.378. The number of carbonyl (C=O) groups excluding carboxylic acids is 1. The predicted molar refractivity (Wildman–Crippen MR) is 65.9 cm³/mol. The molecule has 0 radical (unpaired) electrons. The number of piperazine rings is 1. The van der Waals surface area contributed by atoms with E-state index in [0.29, 0.717) is 37.0 Å². The zero-order chi connectivity index (χ0) is 12.4. The highest BCUT2D eigenvalue weighted by molar-refractivity contribution is 6.35. The van der Waals surface area contributed by atoms with Crippen molar-refractivity contribution in [3.63, 3.8) is 0 Å². The van der Waals surface area contributed by atoms with Crippen molar-refractivity contribution < 1.29 is 4.79 Å². The Labute approximate surface area is 104 Å². The van der Waals surface area contributed by atoms with Crippen LogP contribution in [0.15, 0.2) is 6.33 Å². The Balaban J connectivity index is 2.10. The second kappa shape index (κ2) is 4.75. The molecule has 0 aliphatic carbocycles. The van der Waals surface area contributed by atoms with E-state index < -0.39 is 0 Å². The van der Waals surface area contributed by atoms with Crippen LogP contribution in [-0.4, -0.2) is 47.0 Å². The summed E-state index contributed by atoms with van der Waals surface area (Å²) in [6.45, 7) is 4.34. The predicted octanol–water partition coefficient (Wildman–Crippen LogP) is 0.381. The molecule has 0 atom stereocenters. The van der Waals surface area contributed by atoms with E-state index in [9.17, 15) is 4.79 Å². The third-order valence-electron chi connectivity index (χ3n) is 2.82. The summed E-state index contributed by atoms with van der Waals surface area (Å²) in [7, 11) is 0. The third kappa shape index (κ3) is 2.41. The van der Waals surface area contributed by atoms with Crippen LogP contribution in [0.1, 0.15) is 6.92 Å². The van der Waals surface area contributed by atoms with Gasteiger partial charge in [-0.15, -0.1) is 0 Å². The lowest BCUT2D eigenvalue weighted by atomic mass is 10.3. The van der Waals surface area contributed by atoms with Crippen LogP contribution in [0.3, 0.4) is 0 Å². The van der Waals surface area contributed by atoms with Crippen LogP contribution in [-0.2, 0) is 4.79 Å². The number of hydrogen-bond acceptors (Lipinski definition) is 5. The number of anilines is 2. The van der Waals surface area contributed by atoms with Gasteiger partial charge in [0.15, 0.2) is 5.82 Å². The highest BCUT2D eigenvalue weighted by Crippen LogP contribution is 2.27. The smallest absolute Gasteiger partial charge is 0.219 e.